The number of carboxylic acids is 1. The van der Waals surface area contributed by atoms with E-state index in [0.717, 1.165) is 50.4 Å². The molecule has 0 spiro atoms. The van der Waals surface area contributed by atoms with Crippen LogP contribution in [0.25, 0.3) is 0 Å². The number of aliphatic hydroxyl groups is 1. The summed E-state index contributed by atoms with van der Waals surface area (Å²) in [6.07, 6.45) is 19.3. The Balaban J connectivity index is 1.96. The third-order valence-corrected chi connectivity index (χ3v) is 4.60. The van der Waals surface area contributed by atoms with Crippen LogP contribution in [-0.2, 0) is 4.79 Å². The Labute approximate surface area is 141 Å². The van der Waals surface area contributed by atoms with Crippen molar-refractivity contribution in [3.05, 3.63) is 24.3 Å². The Morgan fingerprint density at radius 3 is 2.65 bits per heavy atom. The van der Waals surface area contributed by atoms with Crippen LogP contribution < -0.4 is 0 Å². The molecule has 0 amide bonds. The summed E-state index contributed by atoms with van der Waals surface area (Å²) in [4.78, 5) is 10.4. The molecule has 3 atom stereocenters. The van der Waals surface area contributed by atoms with E-state index in [2.05, 4.69) is 25.2 Å². The van der Waals surface area contributed by atoms with Crippen LogP contribution in [0, 0.1) is 11.8 Å². The van der Waals surface area contributed by atoms with Gasteiger partial charge >= 0.3 is 5.97 Å². The van der Waals surface area contributed by atoms with Crippen molar-refractivity contribution >= 4 is 5.97 Å². The quantitative estimate of drug-likeness (QED) is 0.345. The Kier molecular flexibility index (Phi) is 10.7. The van der Waals surface area contributed by atoms with Gasteiger partial charge in [-0.1, -0.05) is 50.5 Å². The molecule has 3 nitrogen and oxygen atoms in total. The molecule has 23 heavy (non-hydrogen) atoms. The molecule has 1 fully saturated rings. The second-order valence-electron chi connectivity index (χ2n) is 6.82. The van der Waals surface area contributed by atoms with Crippen molar-refractivity contribution in [1.82, 2.24) is 0 Å². The smallest absolute Gasteiger partial charge is 0.303 e. The minimum absolute atomic E-state index is 0.257. The van der Waals surface area contributed by atoms with E-state index < -0.39 is 5.97 Å². The lowest BCUT2D eigenvalue weighted by atomic mass is 10.1. The summed E-state index contributed by atoms with van der Waals surface area (Å²) < 4.78 is 0. The fourth-order valence-electron chi connectivity index (χ4n) is 2.98. The highest BCUT2D eigenvalue weighted by atomic mass is 16.4. The molecule has 132 valence electrons. The van der Waals surface area contributed by atoms with Gasteiger partial charge in [0.1, 0.15) is 0 Å². The third-order valence-electron chi connectivity index (χ3n) is 4.60. The van der Waals surface area contributed by atoms with Gasteiger partial charge in [-0.3, -0.25) is 4.79 Å². The van der Waals surface area contributed by atoms with Crippen molar-refractivity contribution in [2.75, 3.05) is 0 Å². The van der Waals surface area contributed by atoms with Crippen LogP contribution in [0.15, 0.2) is 24.3 Å². The molecule has 1 aliphatic rings. The number of hydrogen-bond acceptors (Lipinski definition) is 2. The van der Waals surface area contributed by atoms with E-state index in [1.54, 1.807) is 0 Å². The third kappa shape index (κ3) is 11.1. The molecular weight excluding hydrogens is 288 g/mol. The maximum absolute atomic E-state index is 10.4. The minimum Gasteiger partial charge on any atom is -0.481 e. The number of unbranched alkanes of at least 4 members (excludes halogenated alkanes) is 3. The predicted octanol–water partition coefficient (Wildman–Crippen LogP) is 5.10. The predicted molar refractivity (Wildman–Crippen MR) is 95.4 cm³/mol. The SMILES string of the molecule is CCCCCC(O)/C=C/C[C@H]1C[C@@H]1CC/C=C\CCCC(=O)O. The van der Waals surface area contributed by atoms with E-state index in [9.17, 15) is 9.90 Å². The lowest BCUT2D eigenvalue weighted by Crippen LogP contribution is -2.01. The topological polar surface area (TPSA) is 57.5 Å². The molecule has 0 aromatic heterocycles. The summed E-state index contributed by atoms with van der Waals surface area (Å²) in [7, 11) is 0. The van der Waals surface area contributed by atoms with Gasteiger partial charge in [-0.05, 0) is 56.8 Å². The summed E-state index contributed by atoms with van der Waals surface area (Å²) in [5.41, 5.74) is 0. The first-order valence-corrected chi connectivity index (χ1v) is 9.35. The van der Waals surface area contributed by atoms with Gasteiger partial charge in [-0.25, -0.2) is 0 Å². The number of aliphatic carboxylic acids is 1. The Morgan fingerprint density at radius 2 is 1.91 bits per heavy atom. The van der Waals surface area contributed by atoms with E-state index in [0.29, 0.717) is 0 Å². The van der Waals surface area contributed by atoms with Gasteiger partial charge in [-0.2, -0.15) is 0 Å². The molecule has 0 bridgehead atoms. The highest BCUT2D eigenvalue weighted by molar-refractivity contribution is 5.66. The van der Waals surface area contributed by atoms with Gasteiger partial charge in [0, 0.05) is 6.42 Å². The van der Waals surface area contributed by atoms with Crippen molar-refractivity contribution in [2.45, 2.75) is 83.7 Å². The first-order valence-electron chi connectivity index (χ1n) is 9.35. The van der Waals surface area contributed by atoms with Gasteiger partial charge in [0.2, 0.25) is 0 Å². The largest absolute Gasteiger partial charge is 0.481 e. The summed E-state index contributed by atoms with van der Waals surface area (Å²) in [5, 5.41) is 18.4. The molecule has 1 saturated carbocycles. The van der Waals surface area contributed by atoms with E-state index in [1.165, 1.54) is 25.7 Å². The number of aliphatic hydroxyl groups excluding tert-OH is 1. The maximum Gasteiger partial charge on any atom is 0.303 e. The van der Waals surface area contributed by atoms with Gasteiger partial charge in [0.15, 0.2) is 0 Å². The first kappa shape index (κ1) is 20.0. The standard InChI is InChI=1S/C20H34O3/c1-2-3-7-13-19(21)14-10-12-18-16-17(18)11-8-5-4-6-9-15-20(22)23/h4-5,10,14,17-19,21H,2-3,6-9,11-13,15-16H2,1H3,(H,22,23)/b5-4-,14-10+/t17-,18-,19?/m0/s1. The van der Waals surface area contributed by atoms with E-state index in [-0.39, 0.29) is 12.5 Å². The highest BCUT2D eigenvalue weighted by Crippen LogP contribution is 2.44. The minimum atomic E-state index is -0.706. The van der Waals surface area contributed by atoms with Crippen molar-refractivity contribution in [1.29, 1.82) is 0 Å². The molecule has 2 N–H and O–H groups in total. The summed E-state index contributed by atoms with van der Waals surface area (Å²) in [6.45, 7) is 2.18. The lowest BCUT2D eigenvalue weighted by Gasteiger charge is -2.04. The highest BCUT2D eigenvalue weighted by Gasteiger charge is 2.34. The molecule has 0 aromatic rings. The molecule has 1 rings (SSSR count). The number of rotatable bonds is 14. The van der Waals surface area contributed by atoms with Crippen molar-refractivity contribution < 1.29 is 15.0 Å². The molecule has 0 aromatic carbocycles. The Bertz CT molecular complexity index is 373. The summed E-state index contributed by atoms with van der Waals surface area (Å²) in [6, 6.07) is 0. The number of carbonyl (C=O) groups is 1. The van der Waals surface area contributed by atoms with Crippen LogP contribution in [0.2, 0.25) is 0 Å². The average molecular weight is 322 g/mol. The molecule has 0 aliphatic heterocycles. The van der Waals surface area contributed by atoms with Crippen LogP contribution in [-0.4, -0.2) is 22.3 Å². The normalized spacial score (nSPS) is 22.0. The van der Waals surface area contributed by atoms with Gasteiger partial charge in [-0.15, -0.1) is 0 Å². The molecular formula is C20H34O3. The molecule has 0 radical (unpaired) electrons. The number of carboxylic acid groups (broad SMARTS) is 1. The van der Waals surface area contributed by atoms with Gasteiger partial charge in [0.25, 0.3) is 0 Å². The maximum atomic E-state index is 10.4. The zero-order chi connectivity index (χ0) is 16.9. The Hall–Kier alpha value is -1.09. The zero-order valence-corrected chi connectivity index (χ0v) is 14.6. The van der Waals surface area contributed by atoms with Crippen molar-refractivity contribution in [3.63, 3.8) is 0 Å². The summed E-state index contributed by atoms with van der Waals surface area (Å²) >= 11 is 0. The van der Waals surface area contributed by atoms with Crippen LogP contribution in [0.5, 0.6) is 0 Å². The zero-order valence-electron chi connectivity index (χ0n) is 14.6. The number of hydrogen-bond donors (Lipinski definition) is 2. The average Bonchev–Trinajstić information content (AvgIpc) is 3.24. The van der Waals surface area contributed by atoms with E-state index >= 15 is 0 Å². The first-order chi connectivity index (χ1) is 11.1. The summed E-state index contributed by atoms with van der Waals surface area (Å²) in [5.74, 6) is 0.956. The number of allylic oxidation sites excluding steroid dienone is 3. The second kappa shape index (κ2) is 12.3. The van der Waals surface area contributed by atoms with Crippen LogP contribution in [0.1, 0.15) is 77.6 Å². The van der Waals surface area contributed by atoms with Gasteiger partial charge in [0.05, 0.1) is 6.10 Å². The van der Waals surface area contributed by atoms with Crippen molar-refractivity contribution in [3.8, 4) is 0 Å². The second-order valence-corrected chi connectivity index (χ2v) is 6.82. The van der Waals surface area contributed by atoms with Gasteiger partial charge < -0.3 is 10.2 Å². The van der Waals surface area contributed by atoms with E-state index in [1.807, 2.05) is 6.08 Å². The molecule has 0 saturated heterocycles. The molecule has 3 heteroatoms. The monoisotopic (exact) mass is 322 g/mol. The van der Waals surface area contributed by atoms with Crippen LogP contribution in [0.3, 0.4) is 0 Å². The fraction of sp³-hybridized carbons (Fsp3) is 0.750. The lowest BCUT2D eigenvalue weighted by molar-refractivity contribution is -0.137. The van der Waals surface area contributed by atoms with Crippen LogP contribution in [0.4, 0.5) is 0 Å². The molecule has 1 aliphatic carbocycles. The van der Waals surface area contributed by atoms with Crippen molar-refractivity contribution in [2.24, 2.45) is 11.8 Å². The van der Waals surface area contributed by atoms with E-state index in [4.69, 9.17) is 5.11 Å². The molecule has 0 heterocycles. The van der Waals surface area contributed by atoms with Crippen LogP contribution >= 0.6 is 0 Å². The molecule has 1 unspecified atom stereocenters. The fourth-order valence-corrected chi connectivity index (χ4v) is 2.98. The Morgan fingerprint density at radius 1 is 1.13 bits per heavy atom.